The SMILES string of the molecule is CCCO[C@@]1(OC)C=C[C@H]2[C@@H]1N2CC. The van der Waals surface area contributed by atoms with Gasteiger partial charge in [0.25, 0.3) is 0 Å². The zero-order chi connectivity index (χ0) is 10.2. The molecule has 1 saturated heterocycles. The standard InChI is InChI=1S/C11H19NO2/c1-4-8-14-11(13-3)7-6-9-10(11)12(9)5-2/h6-7,9-10H,4-5,8H2,1-3H3/t9-,10-,11-,12?/m0/s1. The zero-order valence-electron chi connectivity index (χ0n) is 9.19. The fraction of sp³-hybridized carbons (Fsp3) is 0.818. The van der Waals surface area contributed by atoms with E-state index in [9.17, 15) is 0 Å². The Kier molecular flexibility index (Phi) is 2.64. The van der Waals surface area contributed by atoms with Gasteiger partial charge in [-0.15, -0.1) is 0 Å². The highest BCUT2D eigenvalue weighted by atomic mass is 16.7. The summed E-state index contributed by atoms with van der Waals surface area (Å²) in [6.45, 7) is 6.12. The van der Waals surface area contributed by atoms with Crippen LogP contribution in [-0.4, -0.2) is 43.0 Å². The topological polar surface area (TPSA) is 21.5 Å². The maximum Gasteiger partial charge on any atom is 0.205 e. The zero-order valence-corrected chi connectivity index (χ0v) is 9.19. The molecule has 3 nitrogen and oxygen atoms in total. The van der Waals surface area contributed by atoms with Gasteiger partial charge in [0.2, 0.25) is 5.79 Å². The molecule has 0 amide bonds. The Bertz CT molecular complexity index is 241. The Balaban J connectivity index is 2.03. The molecule has 2 rings (SSSR count). The van der Waals surface area contributed by atoms with Crippen molar-refractivity contribution in [2.75, 3.05) is 20.3 Å². The smallest absolute Gasteiger partial charge is 0.205 e. The molecule has 0 aromatic rings. The minimum atomic E-state index is -0.462. The molecule has 80 valence electrons. The molecular formula is C11H19NO2. The van der Waals surface area contributed by atoms with Crippen molar-refractivity contribution < 1.29 is 9.47 Å². The van der Waals surface area contributed by atoms with E-state index in [4.69, 9.17) is 9.47 Å². The van der Waals surface area contributed by atoms with Gasteiger partial charge in [-0.2, -0.15) is 0 Å². The van der Waals surface area contributed by atoms with Gasteiger partial charge < -0.3 is 9.47 Å². The van der Waals surface area contributed by atoms with E-state index in [0.29, 0.717) is 12.1 Å². The Morgan fingerprint density at radius 3 is 2.71 bits per heavy atom. The molecule has 1 aliphatic heterocycles. The van der Waals surface area contributed by atoms with Crippen LogP contribution in [0, 0.1) is 0 Å². The highest BCUT2D eigenvalue weighted by Gasteiger charge is 2.62. The first-order valence-electron chi connectivity index (χ1n) is 5.43. The minimum Gasteiger partial charge on any atom is -0.348 e. The maximum atomic E-state index is 5.82. The van der Waals surface area contributed by atoms with Crippen molar-refractivity contribution in [3.8, 4) is 0 Å². The van der Waals surface area contributed by atoms with Crippen molar-refractivity contribution in [3.05, 3.63) is 12.2 Å². The van der Waals surface area contributed by atoms with Crippen LogP contribution in [0.2, 0.25) is 0 Å². The second-order valence-electron chi connectivity index (χ2n) is 3.90. The van der Waals surface area contributed by atoms with Crippen LogP contribution in [0.15, 0.2) is 12.2 Å². The average Bonchev–Trinajstić information content (AvgIpc) is 2.83. The third-order valence-electron chi connectivity index (χ3n) is 3.13. The van der Waals surface area contributed by atoms with Gasteiger partial charge in [0.15, 0.2) is 0 Å². The van der Waals surface area contributed by atoms with Crippen molar-refractivity contribution >= 4 is 0 Å². The van der Waals surface area contributed by atoms with Crippen molar-refractivity contribution in [1.29, 1.82) is 0 Å². The van der Waals surface area contributed by atoms with E-state index in [1.54, 1.807) is 7.11 Å². The lowest BCUT2D eigenvalue weighted by Crippen LogP contribution is -2.40. The van der Waals surface area contributed by atoms with Gasteiger partial charge in [0.1, 0.15) is 0 Å². The molecule has 0 aromatic carbocycles. The molecule has 0 bridgehead atoms. The average molecular weight is 197 g/mol. The molecule has 3 heteroatoms. The number of methoxy groups -OCH3 is 1. The van der Waals surface area contributed by atoms with Gasteiger partial charge in [-0.05, 0) is 19.0 Å². The quantitative estimate of drug-likeness (QED) is 0.378. The molecule has 0 N–H and O–H groups in total. The summed E-state index contributed by atoms with van der Waals surface area (Å²) in [6, 6.07) is 0.973. The Labute approximate surface area is 85.7 Å². The van der Waals surface area contributed by atoms with Gasteiger partial charge in [0, 0.05) is 13.2 Å². The van der Waals surface area contributed by atoms with E-state index in [-0.39, 0.29) is 0 Å². The molecule has 14 heavy (non-hydrogen) atoms. The van der Waals surface area contributed by atoms with E-state index >= 15 is 0 Å². The van der Waals surface area contributed by atoms with Crippen LogP contribution in [0.5, 0.6) is 0 Å². The monoisotopic (exact) mass is 197 g/mol. The van der Waals surface area contributed by atoms with Gasteiger partial charge in [-0.1, -0.05) is 19.9 Å². The molecule has 0 radical (unpaired) electrons. The third-order valence-corrected chi connectivity index (χ3v) is 3.13. The van der Waals surface area contributed by atoms with Crippen LogP contribution in [0.1, 0.15) is 20.3 Å². The molecule has 1 heterocycles. The molecule has 0 spiro atoms. The number of likely N-dealkylation sites (N-methyl/N-ethyl adjacent to an activating group) is 1. The second-order valence-corrected chi connectivity index (χ2v) is 3.90. The number of rotatable bonds is 5. The van der Waals surface area contributed by atoms with Gasteiger partial charge in [-0.3, -0.25) is 4.90 Å². The lowest BCUT2D eigenvalue weighted by molar-refractivity contribution is -0.191. The van der Waals surface area contributed by atoms with Crippen LogP contribution in [0.3, 0.4) is 0 Å². The van der Waals surface area contributed by atoms with E-state index < -0.39 is 5.79 Å². The maximum absolute atomic E-state index is 5.82. The fourth-order valence-electron chi connectivity index (χ4n) is 2.36. The third kappa shape index (κ3) is 1.31. The predicted octanol–water partition coefficient (Wildman–Crippen LogP) is 1.40. The first kappa shape index (κ1) is 10.1. The van der Waals surface area contributed by atoms with E-state index in [0.717, 1.165) is 19.6 Å². The van der Waals surface area contributed by atoms with Gasteiger partial charge in [0.05, 0.1) is 12.6 Å². The van der Waals surface area contributed by atoms with Crippen LogP contribution >= 0.6 is 0 Å². The van der Waals surface area contributed by atoms with Crippen molar-refractivity contribution in [3.63, 3.8) is 0 Å². The summed E-state index contributed by atoms with van der Waals surface area (Å²) in [5.74, 6) is -0.462. The molecular weight excluding hydrogens is 178 g/mol. The highest BCUT2D eigenvalue weighted by molar-refractivity contribution is 5.31. The molecule has 0 saturated carbocycles. The van der Waals surface area contributed by atoms with Gasteiger partial charge in [-0.25, -0.2) is 0 Å². The Morgan fingerprint density at radius 2 is 2.21 bits per heavy atom. The molecule has 2 aliphatic rings. The normalized spacial score (nSPS) is 44.1. The summed E-state index contributed by atoms with van der Waals surface area (Å²) in [5.41, 5.74) is 0. The lowest BCUT2D eigenvalue weighted by atomic mass is 10.2. The van der Waals surface area contributed by atoms with E-state index in [2.05, 4.69) is 30.9 Å². The molecule has 1 aliphatic carbocycles. The Hall–Kier alpha value is -0.380. The number of nitrogens with zero attached hydrogens (tertiary/aromatic N) is 1. The summed E-state index contributed by atoms with van der Waals surface area (Å²) < 4.78 is 11.4. The van der Waals surface area contributed by atoms with Crippen molar-refractivity contribution in [2.24, 2.45) is 0 Å². The molecule has 1 unspecified atom stereocenters. The number of ether oxygens (including phenoxy) is 2. The summed E-state index contributed by atoms with van der Waals surface area (Å²) in [4.78, 5) is 2.39. The summed E-state index contributed by atoms with van der Waals surface area (Å²) in [5, 5.41) is 0. The predicted molar refractivity (Wildman–Crippen MR) is 55.1 cm³/mol. The number of hydrogen-bond donors (Lipinski definition) is 0. The van der Waals surface area contributed by atoms with E-state index in [1.165, 1.54) is 0 Å². The van der Waals surface area contributed by atoms with Crippen molar-refractivity contribution in [2.45, 2.75) is 38.1 Å². The number of fused-ring (bicyclic) bond motifs is 1. The van der Waals surface area contributed by atoms with Crippen LogP contribution < -0.4 is 0 Å². The molecule has 1 fully saturated rings. The highest BCUT2D eigenvalue weighted by Crippen LogP contribution is 2.46. The minimum absolute atomic E-state index is 0.420. The first-order chi connectivity index (χ1) is 6.79. The lowest BCUT2D eigenvalue weighted by Gasteiger charge is -2.28. The number of hydrogen-bond acceptors (Lipinski definition) is 3. The molecule has 0 aromatic heterocycles. The second kappa shape index (κ2) is 3.65. The summed E-state index contributed by atoms with van der Waals surface area (Å²) in [6.07, 6.45) is 5.31. The Morgan fingerprint density at radius 1 is 1.43 bits per heavy atom. The largest absolute Gasteiger partial charge is 0.348 e. The van der Waals surface area contributed by atoms with Crippen molar-refractivity contribution in [1.82, 2.24) is 4.90 Å². The van der Waals surface area contributed by atoms with E-state index in [1.807, 2.05) is 0 Å². The van der Waals surface area contributed by atoms with Crippen LogP contribution in [0.25, 0.3) is 0 Å². The van der Waals surface area contributed by atoms with Crippen LogP contribution in [-0.2, 0) is 9.47 Å². The fourth-order valence-corrected chi connectivity index (χ4v) is 2.36. The summed E-state index contributed by atoms with van der Waals surface area (Å²) >= 11 is 0. The van der Waals surface area contributed by atoms with Crippen LogP contribution in [0.4, 0.5) is 0 Å². The first-order valence-corrected chi connectivity index (χ1v) is 5.43. The molecule has 4 atom stereocenters. The summed E-state index contributed by atoms with van der Waals surface area (Å²) in [7, 11) is 1.73. The van der Waals surface area contributed by atoms with Gasteiger partial charge >= 0.3 is 0 Å².